The summed E-state index contributed by atoms with van der Waals surface area (Å²) in [7, 11) is 0. The lowest BCUT2D eigenvalue weighted by molar-refractivity contribution is -0.107. The molecule has 0 atom stereocenters. The van der Waals surface area contributed by atoms with Crippen LogP contribution in [-0.4, -0.2) is 15.2 Å². The fraction of sp³-hybridized carbons (Fsp3) is 0. The molecule has 0 aliphatic rings. The Labute approximate surface area is 202 Å². The summed E-state index contributed by atoms with van der Waals surface area (Å²) in [6.07, 6.45) is 4.91. The molecule has 5 aromatic rings. The highest BCUT2D eigenvalue weighted by Crippen LogP contribution is 2.35. The molecule has 0 amide bonds. The summed E-state index contributed by atoms with van der Waals surface area (Å²) in [6.45, 7) is 0. The molecular weight excluding hydrogens is 442 g/mol. The zero-order valence-electron chi connectivity index (χ0n) is 18.2. The van der Waals surface area contributed by atoms with Crippen LogP contribution in [0.4, 0.5) is 5.69 Å². The largest absolute Gasteiger partial charge is 0.399 e. The van der Waals surface area contributed by atoms with Crippen molar-refractivity contribution in [2.75, 3.05) is 5.73 Å². The third-order valence-corrected chi connectivity index (χ3v) is 5.67. The van der Waals surface area contributed by atoms with Gasteiger partial charge in [0.25, 0.3) is 0 Å². The first kappa shape index (κ1) is 21.6. The van der Waals surface area contributed by atoms with Crippen molar-refractivity contribution in [3.63, 3.8) is 0 Å². The van der Waals surface area contributed by atoms with E-state index in [9.17, 15) is 4.79 Å². The molecule has 0 bridgehead atoms. The van der Waals surface area contributed by atoms with Crippen molar-refractivity contribution in [3.8, 4) is 33.6 Å². The minimum atomic E-state index is -0.508. The molecule has 0 spiro atoms. The van der Waals surface area contributed by atoms with Gasteiger partial charge >= 0.3 is 0 Å². The molecule has 34 heavy (non-hydrogen) atoms. The van der Waals surface area contributed by atoms with Gasteiger partial charge in [0.15, 0.2) is 5.82 Å². The van der Waals surface area contributed by atoms with Crippen LogP contribution in [0.2, 0.25) is 0 Å². The van der Waals surface area contributed by atoms with Gasteiger partial charge in [-0.15, -0.1) is 0 Å². The predicted molar refractivity (Wildman–Crippen MR) is 140 cm³/mol. The van der Waals surface area contributed by atoms with Crippen molar-refractivity contribution in [1.82, 2.24) is 9.97 Å². The minimum Gasteiger partial charge on any atom is -0.399 e. The first-order chi connectivity index (χ1) is 16.6. The van der Waals surface area contributed by atoms with E-state index in [1.165, 1.54) is 6.08 Å². The van der Waals surface area contributed by atoms with Gasteiger partial charge in [-0.25, -0.2) is 9.97 Å². The summed E-state index contributed by atoms with van der Waals surface area (Å²) < 4.78 is 0. The lowest BCUT2D eigenvalue weighted by atomic mass is 9.95. The van der Waals surface area contributed by atoms with E-state index in [0.29, 0.717) is 11.5 Å². The minimum absolute atomic E-state index is 0.508. The zero-order valence-corrected chi connectivity index (χ0v) is 18.9. The molecule has 0 saturated carbocycles. The van der Waals surface area contributed by atoms with Crippen LogP contribution >= 0.6 is 11.6 Å². The second-order valence-electron chi connectivity index (χ2n) is 7.91. The van der Waals surface area contributed by atoms with E-state index >= 15 is 0 Å². The SMILES string of the molecule is Nc1cccc(-c2cc(-c3cccc(/C=C/C(=O)Cl)c3)cc3cnc(-c4ccccc4)nc23)c1. The summed E-state index contributed by atoms with van der Waals surface area (Å²) in [4.78, 5) is 20.7. The maximum Gasteiger partial charge on any atom is 0.245 e. The molecule has 0 radical (unpaired) electrons. The average molecular weight is 462 g/mol. The van der Waals surface area contributed by atoms with Crippen molar-refractivity contribution in [1.29, 1.82) is 0 Å². The number of benzene rings is 4. The van der Waals surface area contributed by atoms with Crippen LogP contribution in [0.3, 0.4) is 0 Å². The van der Waals surface area contributed by atoms with Gasteiger partial charge in [-0.1, -0.05) is 66.7 Å². The topological polar surface area (TPSA) is 68.9 Å². The van der Waals surface area contributed by atoms with Gasteiger partial charge in [0.05, 0.1) is 5.52 Å². The Morgan fingerprint density at radius 3 is 2.35 bits per heavy atom. The third kappa shape index (κ3) is 4.58. The van der Waals surface area contributed by atoms with Crippen LogP contribution in [-0.2, 0) is 4.79 Å². The number of rotatable bonds is 5. The molecular formula is C29H20ClN3O. The van der Waals surface area contributed by atoms with Crippen LogP contribution in [0.15, 0.2) is 103 Å². The van der Waals surface area contributed by atoms with Crippen molar-refractivity contribution in [2.24, 2.45) is 0 Å². The molecule has 4 nitrogen and oxygen atoms in total. The van der Waals surface area contributed by atoms with Gasteiger partial charge in [-0.05, 0) is 70.3 Å². The van der Waals surface area contributed by atoms with Crippen LogP contribution in [0.5, 0.6) is 0 Å². The van der Waals surface area contributed by atoms with Crippen molar-refractivity contribution >= 4 is 39.5 Å². The Morgan fingerprint density at radius 1 is 0.794 bits per heavy atom. The first-order valence-electron chi connectivity index (χ1n) is 10.8. The molecule has 4 aromatic carbocycles. The van der Waals surface area contributed by atoms with Gasteiger partial charge in [0.1, 0.15) is 0 Å². The Morgan fingerprint density at radius 2 is 1.56 bits per heavy atom. The molecule has 0 saturated heterocycles. The summed E-state index contributed by atoms with van der Waals surface area (Å²) in [5, 5.41) is 0.415. The number of nitrogen functional groups attached to an aromatic ring is 1. The number of nitrogens with zero attached hydrogens (tertiary/aromatic N) is 2. The highest BCUT2D eigenvalue weighted by Gasteiger charge is 2.12. The maximum absolute atomic E-state index is 11.1. The first-order valence-corrected chi connectivity index (χ1v) is 11.1. The van der Waals surface area contributed by atoms with Crippen LogP contribution in [0.25, 0.3) is 50.6 Å². The number of carbonyl (C=O) groups excluding carboxylic acids is 1. The molecule has 0 unspecified atom stereocenters. The lowest BCUT2D eigenvalue weighted by Gasteiger charge is -2.12. The quantitative estimate of drug-likeness (QED) is 0.174. The fourth-order valence-corrected chi connectivity index (χ4v) is 4.01. The van der Waals surface area contributed by atoms with Gasteiger partial charge in [0, 0.05) is 28.4 Å². The number of carbonyl (C=O) groups is 1. The average Bonchev–Trinajstić information content (AvgIpc) is 2.87. The van der Waals surface area contributed by atoms with E-state index in [0.717, 1.165) is 44.3 Å². The maximum atomic E-state index is 11.1. The second-order valence-corrected chi connectivity index (χ2v) is 8.28. The smallest absolute Gasteiger partial charge is 0.245 e. The monoisotopic (exact) mass is 461 g/mol. The predicted octanol–water partition coefficient (Wildman–Crippen LogP) is 6.99. The summed E-state index contributed by atoms with van der Waals surface area (Å²) >= 11 is 5.46. The number of nitrogens with two attached hydrogens (primary N) is 1. The van der Waals surface area contributed by atoms with E-state index in [2.05, 4.69) is 17.1 Å². The van der Waals surface area contributed by atoms with E-state index in [1.807, 2.05) is 85.1 Å². The molecule has 1 heterocycles. The lowest BCUT2D eigenvalue weighted by Crippen LogP contribution is -1.94. The van der Waals surface area contributed by atoms with Gasteiger partial charge in [-0.2, -0.15) is 0 Å². The summed E-state index contributed by atoms with van der Waals surface area (Å²) in [5.74, 6) is 0.670. The molecule has 0 fully saturated rings. The number of aromatic nitrogens is 2. The number of hydrogen-bond donors (Lipinski definition) is 1. The Kier molecular flexibility index (Phi) is 5.90. The van der Waals surface area contributed by atoms with E-state index in [4.69, 9.17) is 22.3 Å². The molecule has 164 valence electrons. The van der Waals surface area contributed by atoms with Crippen molar-refractivity contribution in [2.45, 2.75) is 0 Å². The summed E-state index contributed by atoms with van der Waals surface area (Å²) in [5.41, 5.74) is 13.4. The van der Waals surface area contributed by atoms with Crippen LogP contribution < -0.4 is 5.73 Å². The van der Waals surface area contributed by atoms with Gasteiger partial charge in [-0.3, -0.25) is 4.79 Å². The standard InChI is InChI=1S/C29H20ClN3O/c30-27(34)13-12-19-6-4-9-21(14-19)23-15-24-18-32-29(20-7-2-1-3-8-20)33-28(24)26(17-23)22-10-5-11-25(31)16-22/h1-18H,31H2/b13-12+. The highest BCUT2D eigenvalue weighted by molar-refractivity contribution is 6.66. The van der Waals surface area contributed by atoms with E-state index < -0.39 is 5.24 Å². The summed E-state index contributed by atoms with van der Waals surface area (Å²) in [6, 6.07) is 29.8. The fourth-order valence-electron chi connectivity index (χ4n) is 3.95. The number of anilines is 1. The second kappa shape index (κ2) is 9.30. The van der Waals surface area contributed by atoms with E-state index in [-0.39, 0.29) is 0 Å². The number of fused-ring (bicyclic) bond motifs is 1. The Balaban J connectivity index is 1.71. The van der Waals surface area contributed by atoms with E-state index in [1.54, 1.807) is 6.08 Å². The van der Waals surface area contributed by atoms with Crippen molar-refractivity contribution in [3.05, 3.63) is 109 Å². The van der Waals surface area contributed by atoms with Gasteiger partial charge < -0.3 is 5.73 Å². The normalized spacial score (nSPS) is 11.2. The number of halogens is 1. The van der Waals surface area contributed by atoms with Gasteiger partial charge in [0.2, 0.25) is 5.24 Å². The Bertz CT molecular complexity index is 1540. The van der Waals surface area contributed by atoms with Crippen molar-refractivity contribution < 1.29 is 4.79 Å². The van der Waals surface area contributed by atoms with Crippen LogP contribution in [0.1, 0.15) is 5.56 Å². The number of allylic oxidation sites excluding steroid dienone is 1. The Hall–Kier alpha value is -4.28. The molecule has 0 aliphatic carbocycles. The molecule has 5 heteroatoms. The molecule has 5 rings (SSSR count). The molecule has 1 aromatic heterocycles. The highest BCUT2D eigenvalue weighted by atomic mass is 35.5. The van der Waals surface area contributed by atoms with Crippen LogP contribution in [0, 0.1) is 0 Å². The third-order valence-electron chi connectivity index (χ3n) is 5.54. The molecule has 2 N–H and O–H groups in total. The zero-order chi connectivity index (χ0) is 23.5. The number of hydrogen-bond acceptors (Lipinski definition) is 4. The molecule has 0 aliphatic heterocycles.